The lowest BCUT2D eigenvalue weighted by Gasteiger charge is -2.08. The van der Waals surface area contributed by atoms with Crippen LogP contribution in [-0.2, 0) is 19.0 Å². The van der Waals surface area contributed by atoms with E-state index in [2.05, 4.69) is 3.77 Å². The molecule has 1 atom stereocenters. The lowest BCUT2D eigenvalue weighted by Crippen LogP contribution is -2.02. The number of methoxy groups -OCH3 is 1. The van der Waals surface area contributed by atoms with Crippen LogP contribution in [0.1, 0.15) is 0 Å². The second-order valence-electron chi connectivity index (χ2n) is 2.94. The van der Waals surface area contributed by atoms with Gasteiger partial charge in [0, 0.05) is 16.9 Å². The minimum Gasteiger partial charge on any atom is -0.495 e. The van der Waals surface area contributed by atoms with E-state index < -0.39 is 19.0 Å². The molecule has 0 aliphatic heterocycles. The number of para-hydroxylation sites is 1. The molecule has 0 aromatic heterocycles. The monoisotopic (exact) mass is 283 g/mol. The highest BCUT2D eigenvalue weighted by Gasteiger charge is 2.15. The minimum atomic E-state index is -4.19. The van der Waals surface area contributed by atoms with Crippen LogP contribution in [0.15, 0.2) is 32.9 Å². The van der Waals surface area contributed by atoms with E-state index in [1.807, 2.05) is 0 Å². The molecule has 0 heterocycles. The highest BCUT2D eigenvalue weighted by molar-refractivity contribution is 8.17. The molecule has 16 heavy (non-hydrogen) atoms. The van der Waals surface area contributed by atoms with Gasteiger partial charge in [-0.25, -0.2) is 4.21 Å². The summed E-state index contributed by atoms with van der Waals surface area (Å²) in [5.74, 6) is 0.305. The second kappa shape index (κ2) is 4.60. The molecule has 1 rings (SSSR count). The number of nitrogens with zero attached hydrogens (tertiary/aromatic N) is 1. The Morgan fingerprint density at radius 3 is 2.31 bits per heavy atom. The number of halogens is 1. The average Bonchev–Trinajstić information content (AvgIpc) is 2.14. The summed E-state index contributed by atoms with van der Waals surface area (Å²) in [6.45, 7) is 0. The number of hydrogen-bond donors (Lipinski definition) is 0. The molecule has 0 N–H and O–H groups in total. The number of ether oxygens (including phenoxy) is 1. The topological polar surface area (TPSA) is 72.8 Å². The van der Waals surface area contributed by atoms with Crippen LogP contribution in [0.25, 0.3) is 0 Å². The SMILES string of the molecule is COc1ccccc1[S@](C)(=O)=NS(=O)(=O)Cl. The Labute approximate surface area is 99.1 Å². The molecule has 5 nitrogen and oxygen atoms in total. The third kappa shape index (κ3) is 3.36. The molecule has 8 heteroatoms. The van der Waals surface area contributed by atoms with Crippen LogP contribution in [0, 0.1) is 0 Å². The zero-order chi connectivity index (χ0) is 12.4. The Bertz CT molecular complexity index is 602. The fraction of sp³-hybridized carbons (Fsp3) is 0.250. The van der Waals surface area contributed by atoms with Crippen molar-refractivity contribution in [3.05, 3.63) is 24.3 Å². The van der Waals surface area contributed by atoms with Gasteiger partial charge in [0.05, 0.1) is 21.7 Å². The summed E-state index contributed by atoms with van der Waals surface area (Å²) in [6, 6.07) is 6.33. The molecule has 1 aromatic rings. The molecule has 0 aliphatic rings. The molecule has 0 bridgehead atoms. The van der Waals surface area contributed by atoms with Crippen LogP contribution >= 0.6 is 10.7 Å². The van der Waals surface area contributed by atoms with Crippen molar-refractivity contribution in [2.24, 2.45) is 3.77 Å². The predicted molar refractivity (Wildman–Crippen MR) is 62.5 cm³/mol. The Morgan fingerprint density at radius 1 is 1.25 bits per heavy atom. The molecule has 1 aromatic carbocycles. The van der Waals surface area contributed by atoms with E-state index in [0.29, 0.717) is 5.75 Å². The molecule has 90 valence electrons. The maximum atomic E-state index is 12.1. The maximum absolute atomic E-state index is 12.1. The highest BCUT2D eigenvalue weighted by Crippen LogP contribution is 2.25. The van der Waals surface area contributed by atoms with Gasteiger partial charge >= 0.3 is 9.24 Å². The molecule has 0 fully saturated rings. The predicted octanol–water partition coefficient (Wildman–Crippen LogP) is 1.64. The molecular formula is C8H10ClNO4S2. The molecule has 0 saturated carbocycles. The van der Waals surface area contributed by atoms with Crippen molar-refractivity contribution in [3.8, 4) is 5.75 Å². The Morgan fingerprint density at radius 2 is 1.81 bits per heavy atom. The Kier molecular flexibility index (Phi) is 3.82. The van der Waals surface area contributed by atoms with Crippen LogP contribution in [0.3, 0.4) is 0 Å². The van der Waals surface area contributed by atoms with Crippen LogP contribution in [0.5, 0.6) is 5.75 Å². The largest absolute Gasteiger partial charge is 0.495 e. The van der Waals surface area contributed by atoms with E-state index in [1.165, 1.54) is 19.4 Å². The van der Waals surface area contributed by atoms with Gasteiger partial charge in [-0.2, -0.15) is 8.42 Å². The van der Waals surface area contributed by atoms with E-state index in [1.54, 1.807) is 18.2 Å². The summed E-state index contributed by atoms with van der Waals surface area (Å²) < 4.78 is 41.7. The Hall–Kier alpha value is -0.790. The van der Waals surface area contributed by atoms with Crippen LogP contribution in [-0.4, -0.2) is 26.0 Å². The van der Waals surface area contributed by atoms with Crippen molar-refractivity contribution in [2.45, 2.75) is 4.90 Å². The standard InChI is InChI=1S/C8H10ClNO4S2/c1-14-7-5-3-4-6-8(7)15(2,11)10-16(9,12)13/h3-6H,1-2H3/t15-/m0/s1. The summed E-state index contributed by atoms with van der Waals surface area (Å²) in [4.78, 5) is 0.196. The fourth-order valence-corrected chi connectivity index (χ4v) is 4.65. The average molecular weight is 284 g/mol. The van der Waals surface area contributed by atoms with E-state index in [4.69, 9.17) is 15.4 Å². The normalized spacial score (nSPS) is 15.2. The minimum absolute atomic E-state index is 0.196. The quantitative estimate of drug-likeness (QED) is 0.791. The van der Waals surface area contributed by atoms with Gasteiger partial charge < -0.3 is 4.74 Å². The van der Waals surface area contributed by atoms with Crippen molar-refractivity contribution in [1.82, 2.24) is 0 Å². The number of benzene rings is 1. The van der Waals surface area contributed by atoms with E-state index >= 15 is 0 Å². The zero-order valence-corrected chi connectivity index (χ0v) is 11.0. The van der Waals surface area contributed by atoms with Gasteiger partial charge in [-0.3, -0.25) is 0 Å². The number of rotatable bonds is 3. The smallest absolute Gasteiger partial charge is 0.347 e. The van der Waals surface area contributed by atoms with E-state index in [-0.39, 0.29) is 4.90 Å². The van der Waals surface area contributed by atoms with Crippen LogP contribution < -0.4 is 4.74 Å². The van der Waals surface area contributed by atoms with Gasteiger partial charge in [-0.15, -0.1) is 0 Å². The van der Waals surface area contributed by atoms with Gasteiger partial charge in [-0.05, 0) is 12.1 Å². The van der Waals surface area contributed by atoms with Crippen LogP contribution in [0.4, 0.5) is 0 Å². The molecule has 0 saturated heterocycles. The molecule has 0 unspecified atom stereocenters. The summed E-state index contributed by atoms with van der Waals surface area (Å²) in [5, 5.41) is 0. The molecule has 0 amide bonds. The van der Waals surface area contributed by atoms with Gasteiger partial charge in [0.1, 0.15) is 5.75 Å². The number of hydrogen-bond acceptors (Lipinski definition) is 4. The first kappa shape index (κ1) is 13.3. The van der Waals surface area contributed by atoms with Gasteiger partial charge in [0.2, 0.25) is 0 Å². The third-order valence-electron chi connectivity index (χ3n) is 1.71. The Balaban J connectivity index is 3.51. The van der Waals surface area contributed by atoms with Crippen molar-refractivity contribution in [2.75, 3.05) is 13.4 Å². The molecule has 0 spiro atoms. The van der Waals surface area contributed by atoms with Crippen molar-refractivity contribution >= 4 is 29.6 Å². The second-order valence-corrected chi connectivity index (χ2v) is 7.58. The summed E-state index contributed by atoms with van der Waals surface area (Å²) in [6.07, 6.45) is 1.19. The summed E-state index contributed by atoms with van der Waals surface area (Å²) in [5.41, 5.74) is 0. The molecular weight excluding hydrogens is 274 g/mol. The highest BCUT2D eigenvalue weighted by atomic mass is 35.7. The van der Waals surface area contributed by atoms with Gasteiger partial charge in [0.15, 0.2) is 0 Å². The first-order chi connectivity index (χ1) is 7.26. The molecule has 0 aliphatic carbocycles. The van der Waals surface area contributed by atoms with Crippen molar-refractivity contribution < 1.29 is 17.4 Å². The van der Waals surface area contributed by atoms with E-state index in [9.17, 15) is 12.6 Å². The lowest BCUT2D eigenvalue weighted by molar-refractivity contribution is 0.404. The first-order valence-corrected chi connectivity index (χ1v) is 8.26. The third-order valence-corrected chi connectivity index (χ3v) is 5.22. The van der Waals surface area contributed by atoms with Crippen LogP contribution in [0.2, 0.25) is 0 Å². The maximum Gasteiger partial charge on any atom is 0.347 e. The van der Waals surface area contributed by atoms with Crippen molar-refractivity contribution in [3.63, 3.8) is 0 Å². The van der Waals surface area contributed by atoms with Gasteiger partial charge in [-0.1, -0.05) is 15.9 Å². The summed E-state index contributed by atoms with van der Waals surface area (Å²) >= 11 is 0. The molecule has 0 radical (unpaired) electrons. The van der Waals surface area contributed by atoms with Crippen molar-refractivity contribution in [1.29, 1.82) is 0 Å². The van der Waals surface area contributed by atoms with E-state index in [0.717, 1.165) is 0 Å². The lowest BCUT2D eigenvalue weighted by atomic mass is 10.3. The van der Waals surface area contributed by atoms with Gasteiger partial charge in [0.25, 0.3) is 0 Å². The summed E-state index contributed by atoms with van der Waals surface area (Å²) in [7, 11) is -0.978. The fourth-order valence-electron chi connectivity index (χ4n) is 1.14. The zero-order valence-electron chi connectivity index (χ0n) is 8.58. The first-order valence-electron chi connectivity index (χ1n) is 4.07.